The summed E-state index contributed by atoms with van der Waals surface area (Å²) in [5, 5.41) is 10.4. The van der Waals surface area contributed by atoms with E-state index in [4.69, 9.17) is 4.74 Å². The van der Waals surface area contributed by atoms with Crippen LogP contribution in [0.25, 0.3) is 0 Å². The minimum absolute atomic E-state index is 0.0323. The molecule has 0 aromatic rings. The highest BCUT2D eigenvalue weighted by molar-refractivity contribution is 5.24. The van der Waals surface area contributed by atoms with Crippen molar-refractivity contribution in [1.29, 1.82) is 0 Å². The number of epoxide rings is 1. The number of fused-ring (bicyclic) bond motifs is 4. The minimum atomic E-state index is -0.131. The number of aliphatic hydroxyl groups is 1. The van der Waals surface area contributed by atoms with Gasteiger partial charge in [0.2, 0.25) is 0 Å². The van der Waals surface area contributed by atoms with Crippen LogP contribution in [0.4, 0.5) is 0 Å². The third-order valence-corrected chi connectivity index (χ3v) is 11.8. The van der Waals surface area contributed by atoms with Crippen molar-refractivity contribution < 1.29 is 9.84 Å². The van der Waals surface area contributed by atoms with Crippen LogP contribution in [-0.2, 0) is 4.74 Å². The first-order chi connectivity index (χ1) is 14.7. The maximum absolute atomic E-state index is 10.4. The van der Waals surface area contributed by atoms with Crippen molar-refractivity contribution in [2.75, 3.05) is 0 Å². The molecule has 2 nitrogen and oxygen atoms in total. The van der Waals surface area contributed by atoms with Gasteiger partial charge < -0.3 is 9.84 Å². The highest BCUT2D eigenvalue weighted by Crippen LogP contribution is 2.74. The summed E-state index contributed by atoms with van der Waals surface area (Å²) in [6.07, 6.45) is 15.4. The van der Waals surface area contributed by atoms with Gasteiger partial charge in [-0.3, -0.25) is 0 Å². The van der Waals surface area contributed by atoms with Crippen LogP contribution in [0.1, 0.15) is 106 Å². The number of hydrogen-bond donors (Lipinski definition) is 1. The van der Waals surface area contributed by atoms with Crippen LogP contribution in [0.3, 0.4) is 0 Å². The summed E-state index contributed by atoms with van der Waals surface area (Å²) in [6, 6.07) is 0. The van der Waals surface area contributed by atoms with Crippen LogP contribution in [0.5, 0.6) is 0 Å². The molecular formula is C29H48O2. The van der Waals surface area contributed by atoms with Crippen molar-refractivity contribution in [1.82, 2.24) is 0 Å². The summed E-state index contributed by atoms with van der Waals surface area (Å²) in [6.45, 7) is 14.7. The van der Waals surface area contributed by atoms with Gasteiger partial charge in [0.1, 0.15) is 5.60 Å². The lowest BCUT2D eigenvalue weighted by atomic mass is 9.44. The zero-order valence-corrected chi connectivity index (χ0v) is 21.1. The lowest BCUT2D eigenvalue weighted by Gasteiger charge is -2.59. The van der Waals surface area contributed by atoms with E-state index in [2.05, 4.69) is 47.6 Å². The fraction of sp³-hybridized carbons (Fsp3) is 0.931. The topological polar surface area (TPSA) is 32.8 Å². The Morgan fingerprint density at radius 3 is 2.55 bits per heavy atom. The molecule has 1 aliphatic heterocycles. The fourth-order valence-electron chi connectivity index (χ4n) is 9.99. The molecule has 6 unspecified atom stereocenters. The Kier molecular flexibility index (Phi) is 5.50. The molecule has 2 heteroatoms. The molecule has 5 aliphatic rings. The Morgan fingerprint density at radius 1 is 1.06 bits per heavy atom. The molecular weight excluding hydrogens is 380 g/mol. The van der Waals surface area contributed by atoms with E-state index < -0.39 is 0 Å². The van der Waals surface area contributed by atoms with Crippen LogP contribution in [0, 0.1) is 46.3 Å². The average molecular weight is 429 g/mol. The Balaban J connectivity index is 1.32. The first-order valence-electron chi connectivity index (χ1n) is 13.7. The van der Waals surface area contributed by atoms with Crippen LogP contribution in [0.15, 0.2) is 11.6 Å². The smallest absolute Gasteiger partial charge is 0.103 e. The number of hydrogen-bond acceptors (Lipinski definition) is 2. The van der Waals surface area contributed by atoms with Gasteiger partial charge in [0.15, 0.2) is 0 Å². The number of allylic oxidation sites excluding steroid dienone is 2. The minimum Gasteiger partial charge on any atom is -0.393 e. The predicted octanol–water partition coefficient (Wildman–Crippen LogP) is 7.16. The van der Waals surface area contributed by atoms with Gasteiger partial charge in [-0.25, -0.2) is 0 Å². The molecule has 0 amide bonds. The van der Waals surface area contributed by atoms with Gasteiger partial charge in [0, 0.05) is 11.8 Å². The van der Waals surface area contributed by atoms with E-state index >= 15 is 0 Å². The van der Waals surface area contributed by atoms with Gasteiger partial charge in [-0.05, 0) is 106 Å². The maximum atomic E-state index is 10.4. The van der Waals surface area contributed by atoms with Crippen molar-refractivity contribution in [2.24, 2.45) is 46.3 Å². The first kappa shape index (κ1) is 22.5. The summed E-state index contributed by atoms with van der Waals surface area (Å²) in [4.78, 5) is 0. The molecule has 4 aliphatic carbocycles. The molecule has 5 fully saturated rings. The molecule has 31 heavy (non-hydrogen) atoms. The van der Waals surface area contributed by atoms with Crippen molar-refractivity contribution in [3.8, 4) is 0 Å². The van der Waals surface area contributed by atoms with Gasteiger partial charge in [-0.2, -0.15) is 0 Å². The van der Waals surface area contributed by atoms with Crippen LogP contribution >= 0.6 is 0 Å². The van der Waals surface area contributed by atoms with Crippen molar-refractivity contribution in [3.05, 3.63) is 11.6 Å². The van der Waals surface area contributed by atoms with Crippen molar-refractivity contribution in [2.45, 2.75) is 124 Å². The largest absolute Gasteiger partial charge is 0.393 e. The maximum Gasteiger partial charge on any atom is 0.103 e. The lowest BCUT2D eigenvalue weighted by Crippen LogP contribution is -2.58. The van der Waals surface area contributed by atoms with Crippen LogP contribution in [0.2, 0.25) is 0 Å². The molecule has 10 atom stereocenters. The lowest BCUT2D eigenvalue weighted by molar-refractivity contribution is -0.116. The second-order valence-corrected chi connectivity index (χ2v) is 13.2. The van der Waals surface area contributed by atoms with E-state index in [1.54, 1.807) is 5.57 Å². The van der Waals surface area contributed by atoms with Crippen LogP contribution < -0.4 is 0 Å². The molecule has 0 aromatic carbocycles. The van der Waals surface area contributed by atoms with E-state index in [0.29, 0.717) is 22.9 Å². The quantitative estimate of drug-likeness (QED) is 0.372. The van der Waals surface area contributed by atoms with E-state index in [9.17, 15) is 5.11 Å². The van der Waals surface area contributed by atoms with E-state index in [-0.39, 0.29) is 11.7 Å². The second kappa shape index (κ2) is 7.59. The Morgan fingerprint density at radius 2 is 1.84 bits per heavy atom. The fourth-order valence-corrected chi connectivity index (χ4v) is 9.99. The standard InChI is InChI=1S/C29H48O2/c1-7-20(18(2)3)9-8-19(4)23-10-11-24-22-16-26-29(31-26)17-21(30)12-15-28(29,6)25(22)13-14-27(23,24)5/h7,18-19,21-26,30H,8-17H2,1-6H3/b20-7-/t19-,21+,22?,23?,24?,25?,26?,27-,28-,29?/m1/s1. The summed E-state index contributed by atoms with van der Waals surface area (Å²) in [7, 11) is 0. The van der Waals surface area contributed by atoms with Gasteiger partial charge >= 0.3 is 0 Å². The van der Waals surface area contributed by atoms with Gasteiger partial charge in [-0.1, -0.05) is 46.3 Å². The third-order valence-electron chi connectivity index (χ3n) is 11.8. The van der Waals surface area contributed by atoms with E-state index in [1.165, 1.54) is 51.4 Å². The van der Waals surface area contributed by atoms with E-state index in [1.807, 2.05) is 0 Å². The normalized spacial score (nSPS) is 52.2. The average Bonchev–Trinajstić information content (AvgIpc) is 3.29. The highest BCUT2D eigenvalue weighted by atomic mass is 16.6. The van der Waals surface area contributed by atoms with Crippen molar-refractivity contribution >= 4 is 0 Å². The zero-order valence-electron chi connectivity index (χ0n) is 21.1. The van der Waals surface area contributed by atoms with E-state index in [0.717, 1.165) is 42.4 Å². The second-order valence-electron chi connectivity index (χ2n) is 13.2. The molecule has 1 heterocycles. The highest BCUT2D eigenvalue weighted by Gasteiger charge is 2.76. The summed E-state index contributed by atoms with van der Waals surface area (Å²) < 4.78 is 6.52. The molecule has 1 saturated heterocycles. The molecule has 0 bridgehead atoms. The van der Waals surface area contributed by atoms with Gasteiger partial charge in [0.25, 0.3) is 0 Å². The predicted molar refractivity (Wildman–Crippen MR) is 128 cm³/mol. The molecule has 0 aromatic heterocycles. The molecule has 4 saturated carbocycles. The number of aliphatic hydroxyl groups excluding tert-OH is 1. The first-order valence-corrected chi connectivity index (χ1v) is 13.7. The third kappa shape index (κ3) is 3.17. The summed E-state index contributed by atoms with van der Waals surface area (Å²) in [5.41, 5.74) is 2.53. The Hall–Kier alpha value is -0.340. The van der Waals surface area contributed by atoms with Gasteiger partial charge in [0.05, 0.1) is 12.2 Å². The number of rotatable bonds is 5. The Labute approximate surface area is 191 Å². The molecule has 1 N–H and O–H groups in total. The molecule has 5 rings (SSSR count). The summed E-state index contributed by atoms with van der Waals surface area (Å²) in [5.74, 6) is 5.00. The summed E-state index contributed by atoms with van der Waals surface area (Å²) >= 11 is 0. The molecule has 1 spiro atoms. The zero-order chi connectivity index (χ0) is 22.2. The van der Waals surface area contributed by atoms with Crippen molar-refractivity contribution in [3.63, 3.8) is 0 Å². The number of ether oxygens (including phenoxy) is 1. The van der Waals surface area contributed by atoms with Gasteiger partial charge in [-0.15, -0.1) is 0 Å². The SMILES string of the molecule is C/C=C(/CC[C@@H](C)C1CCC2C3CC4OC45C[C@@H](O)CC[C@]5(C)C3CC[C@@]21C)C(C)C. The molecule has 0 radical (unpaired) electrons. The molecule has 176 valence electrons. The Bertz CT molecular complexity index is 726. The monoisotopic (exact) mass is 428 g/mol. The van der Waals surface area contributed by atoms with Crippen LogP contribution in [-0.4, -0.2) is 22.9 Å².